The quantitative estimate of drug-likeness (QED) is 0.371. The summed E-state index contributed by atoms with van der Waals surface area (Å²) in [5.41, 5.74) is -1.67. The fourth-order valence-electron chi connectivity index (χ4n) is 2.81. The number of carbonyl (C=O) groups is 2. The largest absolute Gasteiger partial charge is 0.504 e. The molecule has 1 aromatic rings. The SMILES string of the molecule is COc1cc(/C=C/C(=O)N[C@@H]2C[C@](O)(C(=O)O)C[C@@H](O)[C@H]2O)ccc1O. The molecule has 4 atom stereocenters. The van der Waals surface area contributed by atoms with Crippen LogP contribution in [0.15, 0.2) is 24.3 Å². The van der Waals surface area contributed by atoms with Gasteiger partial charge in [-0.2, -0.15) is 0 Å². The van der Waals surface area contributed by atoms with Crippen molar-refractivity contribution in [1.82, 2.24) is 5.32 Å². The zero-order valence-corrected chi connectivity index (χ0v) is 14.0. The number of ether oxygens (including phenoxy) is 1. The van der Waals surface area contributed by atoms with Crippen molar-refractivity contribution in [3.8, 4) is 11.5 Å². The van der Waals surface area contributed by atoms with Gasteiger partial charge in [0.25, 0.3) is 0 Å². The second-order valence-corrected chi connectivity index (χ2v) is 6.18. The van der Waals surface area contributed by atoms with E-state index in [9.17, 15) is 30.0 Å². The van der Waals surface area contributed by atoms with Crippen LogP contribution in [0.3, 0.4) is 0 Å². The smallest absolute Gasteiger partial charge is 0.335 e. The second-order valence-electron chi connectivity index (χ2n) is 6.18. The number of hydrogen-bond acceptors (Lipinski definition) is 7. The zero-order chi connectivity index (χ0) is 19.5. The third-order valence-corrected chi connectivity index (χ3v) is 4.27. The Labute approximate surface area is 149 Å². The molecule has 1 aliphatic carbocycles. The lowest BCUT2D eigenvalue weighted by atomic mass is 9.78. The number of aromatic hydroxyl groups is 1. The van der Waals surface area contributed by atoms with E-state index >= 15 is 0 Å². The molecule has 1 fully saturated rings. The summed E-state index contributed by atoms with van der Waals surface area (Å²) in [7, 11) is 1.38. The van der Waals surface area contributed by atoms with Crippen LogP contribution in [-0.2, 0) is 9.59 Å². The van der Waals surface area contributed by atoms with E-state index < -0.39 is 48.6 Å². The van der Waals surface area contributed by atoms with E-state index in [1.807, 2.05) is 0 Å². The molecule has 142 valence electrons. The number of aliphatic hydroxyl groups excluding tert-OH is 2. The average molecular weight is 367 g/mol. The van der Waals surface area contributed by atoms with Gasteiger partial charge in [0.1, 0.15) is 6.10 Å². The van der Waals surface area contributed by atoms with Gasteiger partial charge in [-0.25, -0.2) is 4.79 Å². The minimum Gasteiger partial charge on any atom is -0.504 e. The molecule has 0 unspecified atom stereocenters. The minimum atomic E-state index is -2.23. The van der Waals surface area contributed by atoms with E-state index in [-0.39, 0.29) is 11.5 Å². The molecule has 1 aromatic carbocycles. The fraction of sp³-hybridized carbons (Fsp3) is 0.412. The monoisotopic (exact) mass is 367 g/mol. The Morgan fingerprint density at radius 3 is 2.62 bits per heavy atom. The summed E-state index contributed by atoms with van der Waals surface area (Å²) >= 11 is 0. The lowest BCUT2D eigenvalue weighted by Gasteiger charge is -2.39. The molecule has 0 saturated heterocycles. The van der Waals surface area contributed by atoms with Crippen LogP contribution >= 0.6 is 0 Å². The molecule has 0 aliphatic heterocycles. The number of methoxy groups -OCH3 is 1. The first-order valence-corrected chi connectivity index (χ1v) is 7.84. The number of amides is 1. The van der Waals surface area contributed by atoms with Crippen LogP contribution in [0, 0.1) is 0 Å². The maximum absolute atomic E-state index is 12.0. The van der Waals surface area contributed by atoms with Crippen molar-refractivity contribution in [1.29, 1.82) is 0 Å². The molecular weight excluding hydrogens is 346 g/mol. The molecule has 0 spiro atoms. The van der Waals surface area contributed by atoms with Crippen LogP contribution in [0.25, 0.3) is 6.08 Å². The van der Waals surface area contributed by atoms with Gasteiger partial charge in [0.2, 0.25) is 5.91 Å². The van der Waals surface area contributed by atoms with Crippen molar-refractivity contribution < 1.29 is 39.9 Å². The summed E-state index contributed by atoms with van der Waals surface area (Å²) in [4.78, 5) is 23.2. The van der Waals surface area contributed by atoms with Gasteiger partial charge in [0, 0.05) is 18.9 Å². The number of carbonyl (C=O) groups excluding carboxylic acids is 1. The number of rotatable bonds is 5. The summed E-state index contributed by atoms with van der Waals surface area (Å²) in [6.45, 7) is 0. The summed E-state index contributed by atoms with van der Waals surface area (Å²) < 4.78 is 4.96. The van der Waals surface area contributed by atoms with Crippen LogP contribution in [-0.4, -0.2) is 68.4 Å². The first kappa shape index (κ1) is 19.7. The van der Waals surface area contributed by atoms with E-state index in [0.717, 1.165) is 6.08 Å². The third kappa shape index (κ3) is 4.31. The molecule has 6 N–H and O–H groups in total. The second kappa shape index (κ2) is 7.73. The van der Waals surface area contributed by atoms with Gasteiger partial charge in [-0.15, -0.1) is 0 Å². The highest BCUT2D eigenvalue weighted by Crippen LogP contribution is 2.30. The molecule has 1 amide bonds. The number of phenols is 1. The lowest BCUT2D eigenvalue weighted by Crippen LogP contribution is -2.60. The average Bonchev–Trinajstić information content (AvgIpc) is 2.58. The number of aliphatic carboxylic acids is 1. The number of aliphatic hydroxyl groups is 3. The van der Waals surface area contributed by atoms with Crippen LogP contribution in [0.5, 0.6) is 11.5 Å². The Hall–Kier alpha value is -2.62. The standard InChI is InChI=1S/C17H21NO8/c1-26-13-6-9(2-4-11(13)19)3-5-14(21)18-10-7-17(25,16(23)24)8-12(20)15(10)22/h2-6,10,12,15,19-20,22,25H,7-8H2,1H3,(H,18,21)(H,23,24)/b5-3+/t10-,12-,15+,17-/m1/s1. The van der Waals surface area contributed by atoms with Gasteiger partial charge in [-0.05, 0) is 23.8 Å². The molecule has 0 radical (unpaired) electrons. The highest BCUT2D eigenvalue weighted by atomic mass is 16.5. The Morgan fingerprint density at radius 2 is 2.00 bits per heavy atom. The predicted molar refractivity (Wildman–Crippen MR) is 89.5 cm³/mol. The van der Waals surface area contributed by atoms with Crippen molar-refractivity contribution in [2.45, 2.75) is 36.7 Å². The molecule has 0 bridgehead atoms. The predicted octanol–water partition coefficient (Wildman–Crippen LogP) is -0.770. The zero-order valence-electron chi connectivity index (χ0n) is 14.0. The normalized spacial score (nSPS) is 28.7. The summed E-state index contributed by atoms with van der Waals surface area (Å²) in [5, 5.41) is 50.7. The van der Waals surface area contributed by atoms with Gasteiger partial charge in [-0.3, -0.25) is 4.79 Å². The number of phenolic OH excluding ortho intramolecular Hbond substituents is 1. The van der Waals surface area contributed by atoms with Crippen LogP contribution in [0.2, 0.25) is 0 Å². The molecular formula is C17H21NO8. The lowest BCUT2D eigenvalue weighted by molar-refractivity contribution is -0.175. The number of hydrogen-bond donors (Lipinski definition) is 6. The van der Waals surface area contributed by atoms with E-state index in [1.54, 1.807) is 6.07 Å². The van der Waals surface area contributed by atoms with Crippen LogP contribution < -0.4 is 10.1 Å². The van der Waals surface area contributed by atoms with Crippen molar-refractivity contribution in [3.05, 3.63) is 29.8 Å². The first-order valence-electron chi connectivity index (χ1n) is 7.84. The molecule has 26 heavy (non-hydrogen) atoms. The number of carboxylic acid groups (broad SMARTS) is 1. The maximum Gasteiger partial charge on any atom is 0.335 e. The minimum absolute atomic E-state index is 0.0543. The molecule has 0 heterocycles. The number of carboxylic acids is 1. The maximum atomic E-state index is 12.0. The molecule has 1 saturated carbocycles. The fourth-order valence-corrected chi connectivity index (χ4v) is 2.81. The third-order valence-electron chi connectivity index (χ3n) is 4.27. The van der Waals surface area contributed by atoms with Crippen LogP contribution in [0.4, 0.5) is 0 Å². The Balaban J connectivity index is 2.07. The molecule has 2 rings (SSSR count). The number of nitrogens with one attached hydrogen (secondary N) is 1. The van der Waals surface area contributed by atoms with Gasteiger partial charge in [0.05, 0.1) is 19.3 Å². The Morgan fingerprint density at radius 1 is 1.31 bits per heavy atom. The van der Waals surface area contributed by atoms with Crippen LogP contribution in [0.1, 0.15) is 18.4 Å². The molecule has 9 heteroatoms. The molecule has 1 aliphatic rings. The summed E-state index contributed by atoms with van der Waals surface area (Å²) in [6.07, 6.45) is -1.29. The van der Waals surface area contributed by atoms with Crippen molar-refractivity contribution in [2.75, 3.05) is 7.11 Å². The van der Waals surface area contributed by atoms with Gasteiger partial charge in [-0.1, -0.05) is 6.07 Å². The highest BCUT2D eigenvalue weighted by Gasteiger charge is 2.49. The van der Waals surface area contributed by atoms with E-state index in [4.69, 9.17) is 9.84 Å². The summed E-state index contributed by atoms with van der Waals surface area (Å²) in [6, 6.07) is 3.31. The number of benzene rings is 1. The topological polar surface area (TPSA) is 157 Å². The van der Waals surface area contributed by atoms with Gasteiger partial charge >= 0.3 is 5.97 Å². The van der Waals surface area contributed by atoms with Gasteiger partial charge < -0.3 is 35.6 Å². The van der Waals surface area contributed by atoms with E-state index in [1.165, 1.54) is 25.3 Å². The van der Waals surface area contributed by atoms with E-state index in [0.29, 0.717) is 5.56 Å². The van der Waals surface area contributed by atoms with Crippen molar-refractivity contribution in [2.24, 2.45) is 0 Å². The van der Waals surface area contributed by atoms with Gasteiger partial charge in [0.15, 0.2) is 17.1 Å². The van der Waals surface area contributed by atoms with Crippen molar-refractivity contribution in [3.63, 3.8) is 0 Å². The summed E-state index contributed by atoms with van der Waals surface area (Å²) in [5.74, 6) is -2.01. The molecule has 9 nitrogen and oxygen atoms in total. The van der Waals surface area contributed by atoms with E-state index in [2.05, 4.69) is 5.32 Å². The Kier molecular flexibility index (Phi) is 5.86. The highest BCUT2D eigenvalue weighted by molar-refractivity contribution is 5.92. The molecule has 0 aromatic heterocycles. The van der Waals surface area contributed by atoms with Crippen molar-refractivity contribution >= 4 is 18.0 Å². The Bertz CT molecular complexity index is 719. The first-order chi connectivity index (χ1) is 12.2.